The molecule has 2 heterocycles. The largest absolute Gasteiger partial charge is 0.345 e. The number of halogens is 1. The maximum atomic E-state index is 13.1. The number of carbonyl (C=O) groups excluding carboxylic acids is 1. The fourth-order valence-electron chi connectivity index (χ4n) is 2.62. The number of amides is 1. The van der Waals surface area contributed by atoms with Crippen molar-refractivity contribution in [2.75, 3.05) is 31.1 Å². The molecule has 1 fully saturated rings. The highest BCUT2D eigenvalue weighted by molar-refractivity contribution is 7.13. The van der Waals surface area contributed by atoms with Crippen molar-refractivity contribution in [1.29, 1.82) is 0 Å². The number of piperazine rings is 1. The van der Waals surface area contributed by atoms with Gasteiger partial charge in [-0.1, -0.05) is 12.1 Å². The molecule has 2 aromatic rings. The fourth-order valence-corrected chi connectivity index (χ4v) is 3.32. The van der Waals surface area contributed by atoms with Crippen molar-refractivity contribution in [2.24, 2.45) is 0 Å². The highest BCUT2D eigenvalue weighted by atomic mass is 32.1. The molecule has 1 aromatic carbocycles. The van der Waals surface area contributed by atoms with Crippen LogP contribution >= 0.6 is 11.3 Å². The molecule has 1 aliphatic rings. The van der Waals surface area contributed by atoms with E-state index >= 15 is 0 Å². The molecular formula is C16H18FN3OS. The Labute approximate surface area is 133 Å². The molecule has 0 atom stereocenters. The summed E-state index contributed by atoms with van der Waals surface area (Å²) in [5, 5.41) is 2.98. The lowest BCUT2D eigenvalue weighted by molar-refractivity contribution is -0.131. The zero-order valence-corrected chi connectivity index (χ0v) is 13.1. The average Bonchev–Trinajstić information content (AvgIpc) is 3.07. The lowest BCUT2D eigenvalue weighted by Gasteiger charge is -2.34. The molecule has 116 valence electrons. The van der Waals surface area contributed by atoms with Gasteiger partial charge in [0.15, 0.2) is 5.13 Å². The number of hydrogen-bond donors (Lipinski definition) is 0. The van der Waals surface area contributed by atoms with Crippen LogP contribution in [0.2, 0.25) is 0 Å². The Morgan fingerprint density at radius 3 is 2.77 bits per heavy atom. The van der Waals surface area contributed by atoms with Crippen molar-refractivity contribution < 1.29 is 9.18 Å². The molecule has 0 unspecified atom stereocenters. The van der Waals surface area contributed by atoms with E-state index in [1.54, 1.807) is 23.6 Å². The maximum absolute atomic E-state index is 13.1. The summed E-state index contributed by atoms with van der Waals surface area (Å²) in [7, 11) is 0. The summed E-state index contributed by atoms with van der Waals surface area (Å²) in [6, 6.07) is 6.45. The van der Waals surface area contributed by atoms with Crippen molar-refractivity contribution >= 4 is 22.4 Å². The van der Waals surface area contributed by atoms with E-state index in [2.05, 4.69) is 9.88 Å². The van der Waals surface area contributed by atoms with Crippen molar-refractivity contribution in [3.8, 4) is 0 Å². The van der Waals surface area contributed by atoms with Crippen molar-refractivity contribution in [2.45, 2.75) is 12.8 Å². The van der Waals surface area contributed by atoms with Crippen LogP contribution in [0.15, 0.2) is 35.8 Å². The Morgan fingerprint density at radius 2 is 2.09 bits per heavy atom. The van der Waals surface area contributed by atoms with Gasteiger partial charge in [-0.05, 0) is 24.1 Å². The van der Waals surface area contributed by atoms with E-state index in [1.807, 2.05) is 16.3 Å². The smallest absolute Gasteiger partial charge is 0.223 e. The van der Waals surface area contributed by atoms with E-state index in [0.29, 0.717) is 12.8 Å². The van der Waals surface area contributed by atoms with Crippen molar-refractivity contribution in [3.05, 3.63) is 47.2 Å². The first-order valence-corrected chi connectivity index (χ1v) is 8.27. The Morgan fingerprint density at radius 1 is 1.27 bits per heavy atom. The van der Waals surface area contributed by atoms with Crippen LogP contribution in [-0.2, 0) is 11.2 Å². The second-order valence-electron chi connectivity index (χ2n) is 5.31. The molecule has 0 N–H and O–H groups in total. The SMILES string of the molecule is O=C(CCc1cccc(F)c1)N1CCN(c2nccs2)CC1. The Hall–Kier alpha value is -1.95. The highest BCUT2D eigenvalue weighted by Gasteiger charge is 2.21. The maximum Gasteiger partial charge on any atom is 0.223 e. The fraction of sp³-hybridized carbons (Fsp3) is 0.375. The average molecular weight is 319 g/mol. The Balaban J connectivity index is 1.48. The zero-order chi connectivity index (χ0) is 15.4. The van der Waals surface area contributed by atoms with Gasteiger partial charge in [0.1, 0.15) is 5.82 Å². The van der Waals surface area contributed by atoms with Gasteiger partial charge in [-0.15, -0.1) is 11.3 Å². The quantitative estimate of drug-likeness (QED) is 0.869. The second kappa shape index (κ2) is 6.87. The molecule has 0 aliphatic carbocycles. The topological polar surface area (TPSA) is 36.4 Å². The van der Waals surface area contributed by atoms with Crippen molar-refractivity contribution in [3.63, 3.8) is 0 Å². The number of thiazole rings is 1. The van der Waals surface area contributed by atoms with Crippen LogP contribution < -0.4 is 4.90 Å². The number of aryl methyl sites for hydroxylation is 1. The molecule has 4 nitrogen and oxygen atoms in total. The molecule has 1 aromatic heterocycles. The minimum Gasteiger partial charge on any atom is -0.345 e. The van der Waals surface area contributed by atoms with Gasteiger partial charge >= 0.3 is 0 Å². The lowest BCUT2D eigenvalue weighted by Crippen LogP contribution is -2.48. The lowest BCUT2D eigenvalue weighted by atomic mass is 10.1. The molecule has 0 radical (unpaired) electrons. The predicted molar refractivity (Wildman–Crippen MR) is 85.6 cm³/mol. The first-order valence-electron chi connectivity index (χ1n) is 7.39. The summed E-state index contributed by atoms with van der Waals surface area (Å²) in [5.74, 6) is -0.106. The van der Waals surface area contributed by atoms with Crippen LogP contribution in [0.1, 0.15) is 12.0 Å². The zero-order valence-electron chi connectivity index (χ0n) is 12.2. The minimum absolute atomic E-state index is 0.142. The van der Waals surface area contributed by atoms with Gasteiger partial charge in [-0.25, -0.2) is 9.37 Å². The summed E-state index contributed by atoms with van der Waals surface area (Å²) in [6.07, 6.45) is 2.82. The Kier molecular flexibility index (Phi) is 4.68. The number of aromatic nitrogens is 1. The molecule has 6 heteroatoms. The van der Waals surface area contributed by atoms with Crippen LogP contribution in [0.3, 0.4) is 0 Å². The van der Waals surface area contributed by atoms with E-state index < -0.39 is 0 Å². The number of hydrogen-bond acceptors (Lipinski definition) is 4. The molecule has 22 heavy (non-hydrogen) atoms. The Bertz CT molecular complexity index is 624. The molecule has 0 spiro atoms. The van der Waals surface area contributed by atoms with Gasteiger partial charge in [-0.3, -0.25) is 4.79 Å². The van der Waals surface area contributed by atoms with Gasteiger partial charge in [0.05, 0.1) is 0 Å². The first kappa shape index (κ1) is 15.0. The number of carbonyl (C=O) groups is 1. The predicted octanol–water partition coefficient (Wildman–Crippen LogP) is 2.56. The summed E-state index contributed by atoms with van der Waals surface area (Å²) in [6.45, 7) is 3.08. The van der Waals surface area contributed by atoms with Gasteiger partial charge in [0.25, 0.3) is 0 Å². The monoisotopic (exact) mass is 319 g/mol. The minimum atomic E-state index is -0.248. The van der Waals surface area contributed by atoms with E-state index in [4.69, 9.17) is 0 Å². The van der Waals surface area contributed by atoms with E-state index in [0.717, 1.165) is 36.9 Å². The molecule has 1 saturated heterocycles. The third kappa shape index (κ3) is 3.62. The molecule has 0 saturated carbocycles. The molecule has 1 amide bonds. The molecule has 3 rings (SSSR count). The number of benzene rings is 1. The van der Waals surface area contributed by atoms with Gasteiger partial charge < -0.3 is 9.80 Å². The standard InChI is InChI=1S/C16H18FN3OS/c17-14-3-1-2-13(12-14)4-5-15(21)19-7-9-20(10-8-19)16-18-6-11-22-16/h1-3,6,11-12H,4-5,7-10H2. The van der Waals surface area contributed by atoms with E-state index in [9.17, 15) is 9.18 Å². The van der Waals surface area contributed by atoms with Crippen LogP contribution in [0.5, 0.6) is 0 Å². The highest BCUT2D eigenvalue weighted by Crippen LogP contribution is 2.19. The molecule has 0 bridgehead atoms. The second-order valence-corrected chi connectivity index (χ2v) is 6.19. The third-order valence-corrected chi connectivity index (χ3v) is 4.67. The first-order chi connectivity index (χ1) is 10.7. The third-order valence-electron chi connectivity index (χ3n) is 3.84. The number of rotatable bonds is 4. The normalized spacial score (nSPS) is 15.1. The van der Waals surface area contributed by atoms with Crippen molar-refractivity contribution in [1.82, 2.24) is 9.88 Å². The summed E-state index contributed by atoms with van der Waals surface area (Å²) in [4.78, 5) is 20.7. The van der Waals surface area contributed by atoms with E-state index in [-0.39, 0.29) is 11.7 Å². The van der Waals surface area contributed by atoms with Crippen LogP contribution in [0, 0.1) is 5.82 Å². The summed E-state index contributed by atoms with van der Waals surface area (Å²) in [5.41, 5.74) is 0.870. The van der Waals surface area contributed by atoms with Gasteiger partial charge in [-0.2, -0.15) is 0 Å². The van der Waals surface area contributed by atoms with E-state index in [1.165, 1.54) is 12.1 Å². The number of nitrogens with zero attached hydrogens (tertiary/aromatic N) is 3. The van der Waals surface area contributed by atoms with Crippen LogP contribution in [-0.4, -0.2) is 42.0 Å². The molecular weight excluding hydrogens is 301 g/mol. The molecule has 1 aliphatic heterocycles. The van der Waals surface area contributed by atoms with Gasteiger partial charge in [0, 0.05) is 44.2 Å². The van der Waals surface area contributed by atoms with Gasteiger partial charge in [0.2, 0.25) is 5.91 Å². The number of anilines is 1. The summed E-state index contributed by atoms with van der Waals surface area (Å²) < 4.78 is 13.1. The van der Waals surface area contributed by atoms with Crippen LogP contribution in [0.4, 0.5) is 9.52 Å². The summed E-state index contributed by atoms with van der Waals surface area (Å²) >= 11 is 1.62. The van der Waals surface area contributed by atoms with Crippen LogP contribution in [0.25, 0.3) is 0 Å².